The van der Waals surface area contributed by atoms with Gasteiger partial charge in [0.05, 0.1) is 0 Å². The molecule has 0 unspecified atom stereocenters. The van der Waals surface area contributed by atoms with E-state index < -0.39 is 9.24 Å². The van der Waals surface area contributed by atoms with E-state index >= 15 is 0 Å². The fourth-order valence-electron chi connectivity index (χ4n) is 1.72. The van der Waals surface area contributed by atoms with Crippen molar-refractivity contribution in [2.24, 2.45) is 0 Å². The molecule has 0 aliphatic rings. The number of aromatic hydroxyl groups is 2. The van der Waals surface area contributed by atoms with Gasteiger partial charge in [-0.2, -0.15) is 0 Å². The van der Waals surface area contributed by atoms with Crippen molar-refractivity contribution in [3.63, 3.8) is 0 Å². The number of phenolic OH excluding ortho intramolecular Hbond substituents is 2. The van der Waals surface area contributed by atoms with Crippen molar-refractivity contribution in [1.29, 1.82) is 0 Å². The molecule has 0 aliphatic carbocycles. The third-order valence-corrected chi connectivity index (χ3v) is 4.36. The first kappa shape index (κ1) is 11.4. The summed E-state index contributed by atoms with van der Waals surface area (Å²) < 4.78 is 0. The van der Waals surface area contributed by atoms with Gasteiger partial charge in [0.2, 0.25) is 0 Å². The van der Waals surface area contributed by atoms with E-state index in [4.69, 9.17) is 10.7 Å². The maximum Gasteiger partial charge on any atom is 0.123 e. The number of fused-ring (bicyclic) bond motifs is 1. The molecule has 2 aromatic carbocycles. The summed E-state index contributed by atoms with van der Waals surface area (Å²) >= 11 is 0. The number of halogens is 1. The molecule has 0 amide bonds. The maximum absolute atomic E-state index is 9.74. The van der Waals surface area contributed by atoms with Crippen LogP contribution in [0.1, 0.15) is 0 Å². The Labute approximate surface area is 100 Å². The highest BCUT2D eigenvalue weighted by molar-refractivity contribution is 8.50. The third kappa shape index (κ3) is 1.93. The summed E-state index contributed by atoms with van der Waals surface area (Å²) in [4.78, 5) is 0.970. The summed E-state index contributed by atoms with van der Waals surface area (Å²) in [6.45, 7) is 0. The number of benzene rings is 2. The molecular formula is C12H13ClO2S. The molecule has 0 saturated heterocycles. The molecule has 0 heterocycles. The Balaban J connectivity index is 2.86. The van der Waals surface area contributed by atoms with E-state index in [1.807, 2.05) is 18.6 Å². The second-order valence-electron chi connectivity index (χ2n) is 4.01. The average Bonchev–Trinajstić information content (AvgIpc) is 2.15. The molecule has 0 aromatic heterocycles. The highest BCUT2D eigenvalue weighted by Crippen LogP contribution is 2.57. The fraction of sp³-hybridized carbons (Fsp3) is 0.167. The van der Waals surface area contributed by atoms with Gasteiger partial charge in [-0.25, -0.2) is 0 Å². The Morgan fingerprint density at radius 2 is 1.69 bits per heavy atom. The van der Waals surface area contributed by atoms with Crippen LogP contribution in [-0.4, -0.2) is 22.7 Å². The van der Waals surface area contributed by atoms with Gasteiger partial charge in [0.1, 0.15) is 11.5 Å². The monoisotopic (exact) mass is 256 g/mol. The lowest BCUT2D eigenvalue weighted by Crippen LogP contribution is -1.89. The van der Waals surface area contributed by atoms with Crippen LogP contribution >= 0.6 is 19.9 Å². The van der Waals surface area contributed by atoms with Crippen LogP contribution in [0.5, 0.6) is 11.5 Å². The molecule has 2 aromatic rings. The van der Waals surface area contributed by atoms with Crippen molar-refractivity contribution in [3.8, 4) is 11.5 Å². The molecule has 0 bridgehead atoms. The standard InChI is InChI=1S/C12H13ClO2S/c1-16(2,13)12-6-5-11(15)9-4-3-8(14)7-10(9)12/h3-7,14-15H,1-2H3. The summed E-state index contributed by atoms with van der Waals surface area (Å²) in [5, 5.41) is 20.8. The van der Waals surface area contributed by atoms with Crippen molar-refractivity contribution in [2.45, 2.75) is 4.90 Å². The lowest BCUT2D eigenvalue weighted by Gasteiger charge is -2.24. The summed E-state index contributed by atoms with van der Waals surface area (Å²) in [5.74, 6) is 0.388. The molecule has 0 spiro atoms. The van der Waals surface area contributed by atoms with Gasteiger partial charge in [0.25, 0.3) is 0 Å². The van der Waals surface area contributed by atoms with Gasteiger partial charge in [0, 0.05) is 15.7 Å². The molecule has 2 rings (SSSR count). The van der Waals surface area contributed by atoms with Crippen LogP contribution in [0.25, 0.3) is 10.8 Å². The lowest BCUT2D eigenvalue weighted by atomic mass is 10.1. The van der Waals surface area contributed by atoms with E-state index in [9.17, 15) is 10.2 Å². The van der Waals surface area contributed by atoms with Gasteiger partial charge >= 0.3 is 0 Å². The molecule has 0 atom stereocenters. The SMILES string of the molecule is CS(C)(Cl)c1ccc(O)c2ccc(O)cc12. The van der Waals surface area contributed by atoms with Gasteiger partial charge in [-0.1, -0.05) is 10.7 Å². The van der Waals surface area contributed by atoms with Crippen LogP contribution in [0.4, 0.5) is 0 Å². The highest BCUT2D eigenvalue weighted by Gasteiger charge is 2.16. The van der Waals surface area contributed by atoms with Gasteiger partial charge in [-0.3, -0.25) is 0 Å². The Morgan fingerprint density at radius 3 is 2.31 bits per heavy atom. The van der Waals surface area contributed by atoms with Crippen molar-refractivity contribution in [1.82, 2.24) is 0 Å². The quantitative estimate of drug-likeness (QED) is 0.814. The highest BCUT2D eigenvalue weighted by atomic mass is 35.7. The first-order valence-corrected chi connectivity index (χ1v) is 8.05. The third-order valence-electron chi connectivity index (χ3n) is 2.46. The van der Waals surface area contributed by atoms with E-state index in [0.29, 0.717) is 0 Å². The van der Waals surface area contributed by atoms with Gasteiger partial charge in [-0.15, -0.1) is 9.24 Å². The van der Waals surface area contributed by atoms with Crippen molar-refractivity contribution >= 4 is 30.7 Å². The molecule has 0 aliphatic heterocycles. The van der Waals surface area contributed by atoms with Gasteiger partial charge in [-0.05, 0) is 42.8 Å². The number of hydrogen-bond acceptors (Lipinski definition) is 2. The summed E-state index contributed by atoms with van der Waals surface area (Å²) in [5.41, 5.74) is 0. The number of rotatable bonds is 1. The predicted octanol–water partition coefficient (Wildman–Crippen LogP) is 3.83. The Hall–Kier alpha value is -1.06. The molecule has 0 radical (unpaired) electrons. The van der Waals surface area contributed by atoms with E-state index in [0.717, 1.165) is 15.7 Å². The van der Waals surface area contributed by atoms with Crippen LogP contribution in [-0.2, 0) is 0 Å². The van der Waals surface area contributed by atoms with E-state index in [-0.39, 0.29) is 11.5 Å². The molecule has 86 valence electrons. The zero-order valence-corrected chi connectivity index (χ0v) is 10.6. The smallest absolute Gasteiger partial charge is 0.123 e. The first-order valence-electron chi connectivity index (χ1n) is 4.77. The zero-order chi connectivity index (χ0) is 11.9. The number of phenols is 2. The lowest BCUT2D eigenvalue weighted by molar-refractivity contribution is 0.475. The molecule has 2 N–H and O–H groups in total. The Bertz CT molecular complexity index is 546. The van der Waals surface area contributed by atoms with Crippen LogP contribution in [0.2, 0.25) is 0 Å². The zero-order valence-electron chi connectivity index (χ0n) is 9.07. The van der Waals surface area contributed by atoms with Gasteiger partial charge in [0.15, 0.2) is 0 Å². The van der Waals surface area contributed by atoms with Crippen LogP contribution in [0.3, 0.4) is 0 Å². The minimum absolute atomic E-state index is 0.180. The van der Waals surface area contributed by atoms with E-state index in [1.165, 1.54) is 0 Å². The Kier molecular flexibility index (Phi) is 2.68. The molecule has 4 heteroatoms. The minimum Gasteiger partial charge on any atom is -0.508 e. The van der Waals surface area contributed by atoms with E-state index in [2.05, 4.69) is 0 Å². The summed E-state index contributed by atoms with van der Waals surface area (Å²) in [6.07, 6.45) is 3.93. The van der Waals surface area contributed by atoms with Crippen molar-refractivity contribution in [2.75, 3.05) is 12.5 Å². The van der Waals surface area contributed by atoms with Crippen molar-refractivity contribution in [3.05, 3.63) is 30.3 Å². The Morgan fingerprint density at radius 1 is 1.00 bits per heavy atom. The van der Waals surface area contributed by atoms with Gasteiger partial charge < -0.3 is 10.2 Å². The van der Waals surface area contributed by atoms with E-state index in [1.54, 1.807) is 24.3 Å². The molecule has 16 heavy (non-hydrogen) atoms. The summed E-state index contributed by atoms with van der Waals surface area (Å²) in [6, 6.07) is 8.36. The predicted molar refractivity (Wildman–Crippen MR) is 70.8 cm³/mol. The maximum atomic E-state index is 9.74. The summed E-state index contributed by atoms with van der Waals surface area (Å²) in [7, 11) is 4.95. The normalized spacial score (nSPS) is 12.9. The average molecular weight is 257 g/mol. The second-order valence-corrected chi connectivity index (χ2v) is 9.17. The second kappa shape index (κ2) is 3.75. The minimum atomic E-state index is -1.41. The molecular weight excluding hydrogens is 244 g/mol. The largest absolute Gasteiger partial charge is 0.508 e. The topological polar surface area (TPSA) is 40.5 Å². The number of hydrogen-bond donors (Lipinski definition) is 2. The molecule has 0 fully saturated rings. The van der Waals surface area contributed by atoms with Crippen molar-refractivity contribution < 1.29 is 10.2 Å². The molecule has 2 nitrogen and oxygen atoms in total. The van der Waals surface area contributed by atoms with Crippen LogP contribution in [0, 0.1) is 0 Å². The molecule has 0 saturated carbocycles. The van der Waals surface area contributed by atoms with Crippen LogP contribution < -0.4 is 0 Å². The fourth-order valence-corrected chi connectivity index (χ4v) is 3.20. The first-order chi connectivity index (χ1) is 7.39. The van der Waals surface area contributed by atoms with Crippen LogP contribution in [0.15, 0.2) is 35.2 Å².